The van der Waals surface area contributed by atoms with Gasteiger partial charge in [0.2, 0.25) is 5.91 Å². The number of likely N-dealkylation sites (tertiary alicyclic amines) is 1. The van der Waals surface area contributed by atoms with Gasteiger partial charge < -0.3 is 16.0 Å². The number of amides is 1. The fraction of sp³-hybridized carbons (Fsp3) is 0.923. The molecule has 2 aliphatic rings. The predicted octanol–water partition coefficient (Wildman–Crippen LogP) is 0.716. The van der Waals surface area contributed by atoms with Gasteiger partial charge in [-0.25, -0.2) is 0 Å². The molecular formula is C13H25N3O. The van der Waals surface area contributed by atoms with E-state index < -0.39 is 0 Å². The number of hydrogen-bond acceptors (Lipinski definition) is 3. The van der Waals surface area contributed by atoms with Crippen molar-refractivity contribution < 1.29 is 4.79 Å². The number of nitrogens with two attached hydrogens (primary N) is 1. The number of nitrogens with one attached hydrogen (secondary N) is 1. The zero-order valence-corrected chi connectivity index (χ0v) is 10.9. The van der Waals surface area contributed by atoms with Crippen LogP contribution in [0.15, 0.2) is 0 Å². The van der Waals surface area contributed by atoms with Gasteiger partial charge in [-0.15, -0.1) is 0 Å². The van der Waals surface area contributed by atoms with E-state index in [1.807, 2.05) is 0 Å². The molecule has 1 heterocycles. The highest BCUT2D eigenvalue weighted by atomic mass is 16.2. The summed E-state index contributed by atoms with van der Waals surface area (Å²) in [4.78, 5) is 14.5. The number of likely N-dealkylation sites (N-methyl/N-ethyl adjacent to an activating group) is 1. The normalized spacial score (nSPS) is 28.5. The van der Waals surface area contributed by atoms with Crippen molar-refractivity contribution in [3.8, 4) is 0 Å². The molecule has 98 valence electrons. The molecule has 2 rings (SSSR count). The van der Waals surface area contributed by atoms with Crippen molar-refractivity contribution >= 4 is 5.91 Å². The zero-order valence-electron chi connectivity index (χ0n) is 10.9. The smallest absolute Gasteiger partial charge is 0.227 e. The molecule has 4 heteroatoms. The van der Waals surface area contributed by atoms with Gasteiger partial charge >= 0.3 is 0 Å². The van der Waals surface area contributed by atoms with Gasteiger partial charge in [-0.3, -0.25) is 4.79 Å². The standard InChI is InChI=1S/C13H25N3O/c1-16-8-3-2-5-11(16)9-15-12(17)13(10-14)6-4-7-13/h11H,2-10,14H2,1H3,(H,15,17). The molecule has 1 aliphatic carbocycles. The fourth-order valence-electron chi connectivity index (χ4n) is 2.93. The SMILES string of the molecule is CN1CCCCC1CNC(=O)C1(CN)CCC1. The van der Waals surface area contributed by atoms with Gasteiger partial charge in [0.1, 0.15) is 0 Å². The van der Waals surface area contributed by atoms with Crippen molar-refractivity contribution in [2.75, 3.05) is 26.7 Å². The Kier molecular flexibility index (Phi) is 4.05. The van der Waals surface area contributed by atoms with Crippen molar-refractivity contribution in [3.63, 3.8) is 0 Å². The monoisotopic (exact) mass is 239 g/mol. The molecule has 0 spiro atoms. The van der Waals surface area contributed by atoms with E-state index in [1.165, 1.54) is 19.3 Å². The minimum atomic E-state index is -0.229. The predicted molar refractivity (Wildman–Crippen MR) is 68.6 cm³/mol. The summed E-state index contributed by atoms with van der Waals surface area (Å²) in [6.07, 6.45) is 6.85. The first kappa shape index (κ1) is 12.8. The second kappa shape index (κ2) is 5.36. The van der Waals surface area contributed by atoms with Crippen LogP contribution in [0, 0.1) is 5.41 Å². The highest BCUT2D eigenvalue weighted by Gasteiger charge is 2.42. The number of carbonyl (C=O) groups is 1. The lowest BCUT2D eigenvalue weighted by atomic mass is 9.68. The Balaban J connectivity index is 1.79. The van der Waals surface area contributed by atoms with Gasteiger partial charge in [-0.1, -0.05) is 12.8 Å². The summed E-state index contributed by atoms with van der Waals surface area (Å²) in [7, 11) is 2.15. The Bertz CT molecular complexity index is 270. The highest BCUT2D eigenvalue weighted by Crippen LogP contribution is 2.39. The van der Waals surface area contributed by atoms with Gasteiger partial charge in [0.05, 0.1) is 5.41 Å². The molecule has 0 aromatic carbocycles. The summed E-state index contributed by atoms with van der Waals surface area (Å²) in [5.41, 5.74) is 5.51. The summed E-state index contributed by atoms with van der Waals surface area (Å²) in [5, 5.41) is 3.12. The lowest BCUT2D eigenvalue weighted by Crippen LogP contribution is -2.53. The molecule has 0 aromatic rings. The summed E-state index contributed by atoms with van der Waals surface area (Å²) in [5.74, 6) is 0.185. The molecule has 0 aromatic heterocycles. The molecule has 0 radical (unpaired) electrons. The Morgan fingerprint density at radius 2 is 2.18 bits per heavy atom. The van der Waals surface area contributed by atoms with Gasteiger partial charge in [-0.05, 0) is 39.3 Å². The van der Waals surface area contributed by atoms with Crippen molar-refractivity contribution in [3.05, 3.63) is 0 Å². The van der Waals surface area contributed by atoms with Crippen LogP contribution >= 0.6 is 0 Å². The molecule has 1 unspecified atom stereocenters. The Hall–Kier alpha value is -0.610. The quantitative estimate of drug-likeness (QED) is 0.760. The van der Waals surface area contributed by atoms with Gasteiger partial charge in [0.15, 0.2) is 0 Å². The molecule has 0 bridgehead atoms. The zero-order chi connectivity index (χ0) is 12.3. The Morgan fingerprint density at radius 1 is 1.41 bits per heavy atom. The summed E-state index contributed by atoms with van der Waals surface area (Å²) in [6, 6.07) is 0.516. The molecule has 4 nitrogen and oxygen atoms in total. The third kappa shape index (κ3) is 2.63. The maximum absolute atomic E-state index is 12.1. The van der Waals surface area contributed by atoms with Gasteiger partial charge in [-0.2, -0.15) is 0 Å². The highest BCUT2D eigenvalue weighted by molar-refractivity contribution is 5.83. The number of piperidine rings is 1. The van der Waals surface area contributed by atoms with Crippen LogP contribution in [0.25, 0.3) is 0 Å². The van der Waals surface area contributed by atoms with Crippen LogP contribution < -0.4 is 11.1 Å². The topological polar surface area (TPSA) is 58.4 Å². The van der Waals surface area contributed by atoms with E-state index in [2.05, 4.69) is 17.3 Å². The molecule has 1 saturated heterocycles. The maximum Gasteiger partial charge on any atom is 0.227 e. The molecule has 1 atom stereocenters. The number of rotatable bonds is 4. The minimum absolute atomic E-state index is 0.185. The maximum atomic E-state index is 12.1. The van der Waals surface area contributed by atoms with Crippen molar-refractivity contribution in [2.24, 2.45) is 11.1 Å². The molecule has 1 aliphatic heterocycles. The second-order valence-electron chi connectivity index (χ2n) is 5.68. The summed E-state index contributed by atoms with van der Waals surface area (Å²) < 4.78 is 0. The lowest BCUT2D eigenvalue weighted by Gasteiger charge is -2.40. The van der Waals surface area contributed by atoms with Crippen LogP contribution in [0.5, 0.6) is 0 Å². The van der Waals surface area contributed by atoms with E-state index in [4.69, 9.17) is 5.73 Å². The third-order valence-corrected chi connectivity index (χ3v) is 4.60. The van der Waals surface area contributed by atoms with Crippen molar-refractivity contribution in [1.29, 1.82) is 0 Å². The molecule has 1 amide bonds. The first-order valence-electron chi connectivity index (χ1n) is 6.86. The molecule has 2 fully saturated rings. The lowest BCUT2D eigenvalue weighted by molar-refractivity contribution is -0.135. The van der Waals surface area contributed by atoms with E-state index in [0.717, 1.165) is 32.4 Å². The average Bonchev–Trinajstić information content (AvgIpc) is 2.27. The summed E-state index contributed by atoms with van der Waals surface area (Å²) in [6.45, 7) is 2.44. The average molecular weight is 239 g/mol. The van der Waals surface area contributed by atoms with E-state index in [1.54, 1.807) is 0 Å². The first-order valence-corrected chi connectivity index (χ1v) is 6.86. The van der Waals surface area contributed by atoms with Crippen molar-refractivity contribution in [1.82, 2.24) is 10.2 Å². The number of carbonyl (C=O) groups excluding carboxylic acids is 1. The third-order valence-electron chi connectivity index (χ3n) is 4.60. The van der Waals surface area contributed by atoms with Crippen LogP contribution in [0.2, 0.25) is 0 Å². The first-order chi connectivity index (χ1) is 8.18. The van der Waals surface area contributed by atoms with Crippen LogP contribution in [-0.4, -0.2) is 43.5 Å². The molecule has 17 heavy (non-hydrogen) atoms. The van der Waals surface area contributed by atoms with Crippen LogP contribution in [0.3, 0.4) is 0 Å². The van der Waals surface area contributed by atoms with Gasteiger partial charge in [0, 0.05) is 19.1 Å². The Labute approximate surface area is 104 Å². The number of nitrogens with zero attached hydrogens (tertiary/aromatic N) is 1. The second-order valence-corrected chi connectivity index (χ2v) is 5.68. The minimum Gasteiger partial charge on any atom is -0.354 e. The van der Waals surface area contributed by atoms with Gasteiger partial charge in [0.25, 0.3) is 0 Å². The molecular weight excluding hydrogens is 214 g/mol. The van der Waals surface area contributed by atoms with E-state index in [-0.39, 0.29) is 11.3 Å². The number of hydrogen-bond donors (Lipinski definition) is 2. The fourth-order valence-corrected chi connectivity index (χ4v) is 2.93. The van der Waals surface area contributed by atoms with E-state index in [9.17, 15) is 4.79 Å². The van der Waals surface area contributed by atoms with Crippen LogP contribution in [0.1, 0.15) is 38.5 Å². The van der Waals surface area contributed by atoms with Crippen molar-refractivity contribution in [2.45, 2.75) is 44.6 Å². The Morgan fingerprint density at radius 3 is 2.71 bits per heavy atom. The molecule has 1 saturated carbocycles. The van der Waals surface area contributed by atoms with E-state index in [0.29, 0.717) is 12.6 Å². The van der Waals surface area contributed by atoms with E-state index >= 15 is 0 Å². The molecule has 3 N–H and O–H groups in total. The van der Waals surface area contributed by atoms with Crippen LogP contribution in [0.4, 0.5) is 0 Å². The summed E-state index contributed by atoms with van der Waals surface area (Å²) >= 11 is 0. The largest absolute Gasteiger partial charge is 0.354 e. The van der Waals surface area contributed by atoms with Crippen LogP contribution in [-0.2, 0) is 4.79 Å².